The van der Waals surface area contributed by atoms with E-state index in [1.54, 1.807) is 12.3 Å². The maximum absolute atomic E-state index is 14.1. The van der Waals surface area contributed by atoms with E-state index in [0.29, 0.717) is 5.56 Å². The molecular weight excluding hydrogens is 472 g/mol. The van der Waals surface area contributed by atoms with Crippen molar-refractivity contribution in [1.82, 2.24) is 5.06 Å². The number of amides is 1. The van der Waals surface area contributed by atoms with E-state index < -0.39 is 11.6 Å². The maximum atomic E-state index is 14.1. The summed E-state index contributed by atoms with van der Waals surface area (Å²) in [6, 6.07) is 40.3. The second-order valence-corrected chi connectivity index (χ2v) is 9.25. The van der Waals surface area contributed by atoms with Crippen LogP contribution < -0.4 is 0 Å². The van der Waals surface area contributed by atoms with Gasteiger partial charge in [0.05, 0.1) is 0 Å². The maximum Gasteiger partial charge on any atom is 0.274 e. The first-order valence-corrected chi connectivity index (χ1v) is 12.6. The number of aromatic hydroxyl groups is 1. The van der Waals surface area contributed by atoms with E-state index in [1.807, 2.05) is 121 Å². The van der Waals surface area contributed by atoms with Crippen LogP contribution in [-0.4, -0.2) is 34.9 Å². The van der Waals surface area contributed by atoms with Gasteiger partial charge in [-0.05, 0) is 33.5 Å². The lowest BCUT2D eigenvalue weighted by molar-refractivity contribution is -0.183. The third kappa shape index (κ3) is 3.94. The van der Waals surface area contributed by atoms with Crippen molar-refractivity contribution in [3.63, 3.8) is 0 Å². The van der Waals surface area contributed by atoms with Gasteiger partial charge in [0.25, 0.3) is 5.91 Å². The number of hydrogen-bond donors (Lipinski definition) is 1. The van der Waals surface area contributed by atoms with Crippen molar-refractivity contribution in [3.8, 4) is 5.75 Å². The smallest absolute Gasteiger partial charge is 0.274 e. The molecule has 1 heterocycles. The van der Waals surface area contributed by atoms with Crippen molar-refractivity contribution in [1.29, 1.82) is 0 Å². The molecule has 38 heavy (non-hydrogen) atoms. The molecule has 5 heteroatoms. The Morgan fingerprint density at radius 1 is 0.737 bits per heavy atom. The molecule has 0 radical (unpaired) electrons. The average molecular weight is 499 g/mol. The number of hydrogen-bond acceptors (Lipinski definition) is 4. The predicted molar refractivity (Wildman–Crippen MR) is 149 cm³/mol. The van der Waals surface area contributed by atoms with Gasteiger partial charge < -0.3 is 5.11 Å². The number of hydroxylamine groups is 2. The Morgan fingerprint density at radius 2 is 1.26 bits per heavy atom. The highest BCUT2D eigenvalue weighted by molar-refractivity contribution is 6.03. The molecule has 1 aliphatic heterocycles. The van der Waals surface area contributed by atoms with E-state index >= 15 is 0 Å². The number of fused-ring (bicyclic) bond motifs is 1. The van der Waals surface area contributed by atoms with Gasteiger partial charge in [0.2, 0.25) is 0 Å². The molecular formula is C33H26N2O3. The van der Waals surface area contributed by atoms with Gasteiger partial charge in [0.15, 0.2) is 6.04 Å². The molecule has 1 atom stereocenters. The van der Waals surface area contributed by atoms with Gasteiger partial charge in [-0.3, -0.25) is 14.6 Å². The molecule has 0 bridgehead atoms. The fourth-order valence-corrected chi connectivity index (χ4v) is 5.26. The number of aliphatic imine (C=N–C) groups is 1. The Kier molecular flexibility index (Phi) is 6.20. The second-order valence-electron chi connectivity index (χ2n) is 9.25. The van der Waals surface area contributed by atoms with Crippen LogP contribution in [0.3, 0.4) is 0 Å². The minimum atomic E-state index is -1.02. The average Bonchev–Trinajstić information content (AvgIpc) is 3.35. The van der Waals surface area contributed by atoms with Crippen molar-refractivity contribution in [2.75, 3.05) is 6.61 Å². The first-order valence-electron chi connectivity index (χ1n) is 12.6. The van der Waals surface area contributed by atoms with Crippen LogP contribution in [-0.2, 0) is 15.2 Å². The summed E-state index contributed by atoms with van der Waals surface area (Å²) in [5, 5.41) is 13.9. The van der Waals surface area contributed by atoms with Crippen LogP contribution in [0.2, 0.25) is 0 Å². The van der Waals surface area contributed by atoms with Gasteiger partial charge in [-0.2, -0.15) is 5.06 Å². The molecule has 1 fully saturated rings. The van der Waals surface area contributed by atoms with Crippen LogP contribution in [0.4, 0.5) is 0 Å². The highest BCUT2D eigenvalue weighted by Crippen LogP contribution is 2.44. The zero-order valence-electron chi connectivity index (χ0n) is 20.6. The Morgan fingerprint density at radius 3 is 1.84 bits per heavy atom. The molecule has 0 aliphatic carbocycles. The van der Waals surface area contributed by atoms with Crippen LogP contribution in [0.25, 0.3) is 10.8 Å². The van der Waals surface area contributed by atoms with Crippen molar-refractivity contribution < 1.29 is 14.7 Å². The van der Waals surface area contributed by atoms with Crippen LogP contribution in [0, 0.1) is 0 Å². The summed E-state index contributed by atoms with van der Waals surface area (Å²) in [5.74, 6) is -0.139. The van der Waals surface area contributed by atoms with Gasteiger partial charge >= 0.3 is 0 Å². The molecule has 0 aromatic heterocycles. The highest BCUT2D eigenvalue weighted by Gasteiger charge is 2.50. The third-order valence-electron chi connectivity index (χ3n) is 7.06. The highest BCUT2D eigenvalue weighted by atomic mass is 16.7. The number of carbonyl (C=O) groups is 1. The molecule has 1 unspecified atom stereocenters. The molecule has 6 rings (SSSR count). The first kappa shape index (κ1) is 23.6. The molecule has 5 aromatic carbocycles. The molecule has 5 aromatic rings. The van der Waals surface area contributed by atoms with Crippen LogP contribution >= 0.6 is 0 Å². The fourth-order valence-electron chi connectivity index (χ4n) is 5.26. The van der Waals surface area contributed by atoms with Gasteiger partial charge in [-0.1, -0.05) is 121 Å². The van der Waals surface area contributed by atoms with Gasteiger partial charge in [-0.15, -0.1) is 0 Å². The zero-order valence-corrected chi connectivity index (χ0v) is 20.6. The van der Waals surface area contributed by atoms with E-state index in [0.717, 1.165) is 27.5 Å². The lowest BCUT2D eigenvalue weighted by atomic mass is 9.76. The molecule has 1 N–H and O–H groups in total. The normalized spacial score (nSPS) is 15.9. The summed E-state index contributed by atoms with van der Waals surface area (Å²) in [7, 11) is 0. The lowest BCUT2D eigenvalue weighted by Gasteiger charge is -2.41. The molecule has 1 aliphatic rings. The van der Waals surface area contributed by atoms with E-state index in [1.165, 1.54) is 5.06 Å². The van der Waals surface area contributed by atoms with E-state index in [9.17, 15) is 9.90 Å². The number of benzene rings is 5. The van der Waals surface area contributed by atoms with Gasteiger partial charge in [-0.25, -0.2) is 0 Å². The Hall–Kier alpha value is -4.74. The lowest BCUT2D eigenvalue weighted by Crippen LogP contribution is -2.49. The standard InChI is InChI=1S/C33H26N2O3/c36-31-21-20-24-12-10-11-19-28(24)29(31)22-34-30-23-38-35(32(30)37)33(25-13-4-1-5-14-25,26-15-6-2-7-16-26)27-17-8-3-9-18-27/h1-22,30,36H,23H2. The summed E-state index contributed by atoms with van der Waals surface area (Å²) in [4.78, 5) is 24.9. The summed E-state index contributed by atoms with van der Waals surface area (Å²) < 4.78 is 0. The van der Waals surface area contributed by atoms with Crippen LogP contribution in [0.5, 0.6) is 5.75 Å². The zero-order chi connectivity index (χ0) is 26.0. The topological polar surface area (TPSA) is 62.1 Å². The summed E-state index contributed by atoms with van der Waals surface area (Å²) >= 11 is 0. The first-order chi connectivity index (χ1) is 18.7. The number of phenols is 1. The number of carbonyl (C=O) groups excluding carboxylic acids is 1. The Bertz CT molecular complexity index is 1500. The summed E-state index contributed by atoms with van der Waals surface area (Å²) in [5.41, 5.74) is 2.27. The Balaban J connectivity index is 1.46. The van der Waals surface area contributed by atoms with Crippen molar-refractivity contribution in [2.45, 2.75) is 11.6 Å². The molecule has 1 saturated heterocycles. The largest absolute Gasteiger partial charge is 0.507 e. The van der Waals surface area contributed by atoms with E-state index in [-0.39, 0.29) is 18.3 Å². The quantitative estimate of drug-likeness (QED) is 0.227. The van der Waals surface area contributed by atoms with Crippen LogP contribution in [0.15, 0.2) is 132 Å². The summed E-state index contributed by atoms with van der Waals surface area (Å²) in [6.45, 7) is 0.0924. The minimum Gasteiger partial charge on any atom is -0.507 e. The Labute approximate surface area is 221 Å². The molecule has 0 saturated carbocycles. The van der Waals surface area contributed by atoms with Crippen molar-refractivity contribution >= 4 is 22.9 Å². The van der Waals surface area contributed by atoms with E-state index in [4.69, 9.17) is 4.84 Å². The van der Waals surface area contributed by atoms with Crippen molar-refractivity contribution in [2.24, 2.45) is 4.99 Å². The van der Waals surface area contributed by atoms with Gasteiger partial charge in [0, 0.05) is 11.8 Å². The van der Waals surface area contributed by atoms with Crippen molar-refractivity contribution in [3.05, 3.63) is 150 Å². The van der Waals surface area contributed by atoms with E-state index in [2.05, 4.69) is 4.99 Å². The van der Waals surface area contributed by atoms with Crippen LogP contribution in [0.1, 0.15) is 22.3 Å². The summed E-state index contributed by atoms with van der Waals surface area (Å²) in [6.07, 6.45) is 1.59. The number of nitrogens with zero attached hydrogens (tertiary/aromatic N) is 2. The minimum absolute atomic E-state index is 0.0924. The predicted octanol–water partition coefficient (Wildman–Crippen LogP) is 6.10. The fraction of sp³-hybridized carbons (Fsp3) is 0.0909. The molecule has 0 spiro atoms. The molecule has 1 amide bonds. The number of rotatable bonds is 6. The third-order valence-corrected chi connectivity index (χ3v) is 7.06. The SMILES string of the molecule is O=C1C(N=Cc2c(O)ccc3ccccc23)CON1C(c1ccccc1)(c1ccccc1)c1ccccc1. The van der Waals surface area contributed by atoms with Gasteiger partial charge in [0.1, 0.15) is 17.9 Å². The molecule has 186 valence electrons. The monoisotopic (exact) mass is 498 g/mol. The molecule has 5 nitrogen and oxygen atoms in total. The number of phenolic OH excluding ortho intramolecular Hbond substituents is 1. The second kappa shape index (κ2) is 9.96.